The van der Waals surface area contributed by atoms with Gasteiger partial charge in [-0.25, -0.2) is 5.43 Å². The molecule has 0 saturated carbocycles. The molecular formula is C9H12BrN3O. The first kappa shape index (κ1) is 12.8. The van der Waals surface area contributed by atoms with E-state index in [2.05, 4.69) is 38.2 Å². The number of halogens is 1. The van der Waals surface area contributed by atoms with E-state index in [9.17, 15) is 4.79 Å². The lowest BCUT2D eigenvalue weighted by Gasteiger charge is -1.97. The fourth-order valence-electron chi connectivity index (χ4n) is 0.672. The molecule has 0 aliphatic heterocycles. The van der Waals surface area contributed by atoms with E-state index in [0.29, 0.717) is 5.56 Å². The summed E-state index contributed by atoms with van der Waals surface area (Å²) in [6.45, 7) is 7.13. The third-order valence-corrected chi connectivity index (χ3v) is 1.58. The molecule has 0 atom stereocenters. The van der Waals surface area contributed by atoms with Crippen molar-refractivity contribution in [2.45, 2.75) is 13.8 Å². The third-order valence-electron chi connectivity index (χ3n) is 1.15. The van der Waals surface area contributed by atoms with E-state index in [1.54, 1.807) is 12.3 Å². The van der Waals surface area contributed by atoms with E-state index < -0.39 is 0 Å². The largest absolute Gasteiger partial charge is 0.272 e. The zero-order chi connectivity index (χ0) is 11.0. The first-order chi connectivity index (χ1) is 6.74. The van der Waals surface area contributed by atoms with E-state index in [4.69, 9.17) is 0 Å². The molecule has 0 fully saturated rings. The monoisotopic (exact) mass is 257 g/mol. The van der Waals surface area contributed by atoms with Gasteiger partial charge >= 0.3 is 0 Å². The number of pyridine rings is 1. The predicted octanol–water partition coefficient (Wildman–Crippen LogP) is 2.22. The lowest BCUT2D eigenvalue weighted by molar-refractivity contribution is 0.0955. The minimum absolute atomic E-state index is 0.321. The summed E-state index contributed by atoms with van der Waals surface area (Å²) in [4.78, 5) is 14.9. The topological polar surface area (TPSA) is 54.4 Å². The Kier molecular flexibility index (Phi) is 6.57. The number of aromatic nitrogens is 1. The number of carbonyl (C=O) groups excluding carboxylic acids is 1. The van der Waals surface area contributed by atoms with Crippen LogP contribution in [-0.2, 0) is 0 Å². The van der Waals surface area contributed by atoms with Gasteiger partial charge in [-0.1, -0.05) is 13.8 Å². The molecule has 1 heterocycles. The van der Waals surface area contributed by atoms with Gasteiger partial charge in [-0.3, -0.25) is 9.78 Å². The van der Waals surface area contributed by atoms with Crippen molar-refractivity contribution in [3.8, 4) is 0 Å². The maximum Gasteiger partial charge on any atom is 0.272 e. The molecule has 0 unspecified atom stereocenters. The molecule has 0 aromatic carbocycles. The summed E-state index contributed by atoms with van der Waals surface area (Å²) in [5, 5.41) is 3.25. The van der Waals surface area contributed by atoms with Crippen LogP contribution in [0.1, 0.15) is 24.2 Å². The molecule has 0 saturated heterocycles. The fourth-order valence-corrected chi connectivity index (χ4v) is 1.04. The van der Waals surface area contributed by atoms with Gasteiger partial charge in [0.1, 0.15) is 0 Å². The Morgan fingerprint density at radius 1 is 1.57 bits per heavy atom. The van der Waals surface area contributed by atoms with Gasteiger partial charge in [-0.15, -0.1) is 0 Å². The summed E-state index contributed by atoms with van der Waals surface area (Å²) in [6.07, 6.45) is 3.05. The minimum atomic E-state index is -0.321. The van der Waals surface area contributed by atoms with Gasteiger partial charge in [0.2, 0.25) is 0 Å². The molecule has 1 rings (SSSR count). The van der Waals surface area contributed by atoms with Gasteiger partial charge in [-0.2, -0.15) is 5.10 Å². The smallest absolute Gasteiger partial charge is 0.267 e. The molecule has 4 nitrogen and oxygen atoms in total. The normalized spacial score (nSPS) is 8.21. The Morgan fingerprint density at radius 2 is 2.21 bits per heavy atom. The summed E-state index contributed by atoms with van der Waals surface area (Å²) >= 11 is 3.19. The number of hydrogen-bond donors (Lipinski definition) is 1. The second-order valence-electron chi connectivity index (χ2n) is 1.99. The predicted molar refractivity (Wildman–Crippen MR) is 60.3 cm³/mol. The van der Waals surface area contributed by atoms with Gasteiger partial charge in [0, 0.05) is 23.6 Å². The maximum absolute atomic E-state index is 11.1. The van der Waals surface area contributed by atoms with Crippen molar-refractivity contribution in [3.05, 3.63) is 28.5 Å². The molecule has 14 heavy (non-hydrogen) atoms. The Hall–Kier alpha value is -1.23. The van der Waals surface area contributed by atoms with Crippen molar-refractivity contribution in [3.63, 3.8) is 0 Å². The highest BCUT2D eigenvalue weighted by molar-refractivity contribution is 9.10. The molecule has 0 aliphatic carbocycles. The molecule has 76 valence electrons. The molecule has 1 amide bonds. The number of hydrogen-bond acceptors (Lipinski definition) is 3. The summed E-state index contributed by atoms with van der Waals surface area (Å²) in [6, 6.07) is 1.65. The van der Waals surface area contributed by atoms with E-state index >= 15 is 0 Å². The van der Waals surface area contributed by atoms with Crippen molar-refractivity contribution in [1.82, 2.24) is 10.4 Å². The molecule has 1 N–H and O–H groups in total. The zero-order valence-electron chi connectivity index (χ0n) is 8.12. The molecule has 0 spiro atoms. The molecule has 0 aliphatic rings. The number of amides is 1. The van der Waals surface area contributed by atoms with Crippen LogP contribution in [0.4, 0.5) is 0 Å². The molecule has 5 heteroatoms. The first-order valence-corrected chi connectivity index (χ1v) is 4.90. The van der Waals surface area contributed by atoms with Crippen LogP contribution in [0.5, 0.6) is 0 Å². The lowest BCUT2D eigenvalue weighted by atomic mass is 10.3. The van der Waals surface area contributed by atoms with Crippen LogP contribution in [0.2, 0.25) is 0 Å². The number of nitrogens with zero attached hydrogens (tertiary/aromatic N) is 2. The van der Waals surface area contributed by atoms with Crippen LogP contribution in [-0.4, -0.2) is 17.6 Å². The van der Waals surface area contributed by atoms with Gasteiger partial charge in [0.25, 0.3) is 5.91 Å². The highest BCUT2D eigenvalue weighted by atomic mass is 79.9. The van der Waals surface area contributed by atoms with Crippen molar-refractivity contribution < 1.29 is 4.79 Å². The third kappa shape index (κ3) is 4.13. The lowest BCUT2D eigenvalue weighted by Crippen LogP contribution is -2.16. The first-order valence-electron chi connectivity index (χ1n) is 4.10. The minimum Gasteiger partial charge on any atom is -0.267 e. The van der Waals surface area contributed by atoms with Gasteiger partial charge < -0.3 is 0 Å². The van der Waals surface area contributed by atoms with Crippen molar-refractivity contribution >= 4 is 28.6 Å². The average molecular weight is 258 g/mol. The number of rotatable bonds is 2. The molecular weight excluding hydrogens is 246 g/mol. The van der Waals surface area contributed by atoms with Crippen LogP contribution >= 0.6 is 15.9 Å². The molecule has 1 aromatic heterocycles. The van der Waals surface area contributed by atoms with Crippen LogP contribution in [0.3, 0.4) is 0 Å². The average Bonchev–Trinajstić information content (AvgIpc) is 2.21. The number of nitrogens with one attached hydrogen (secondary N) is 1. The second-order valence-corrected chi connectivity index (χ2v) is 2.91. The number of hydrazone groups is 1. The second kappa shape index (κ2) is 7.20. The summed E-state index contributed by atoms with van der Waals surface area (Å²) in [5.74, 6) is -0.321. The molecule has 0 bridgehead atoms. The fraction of sp³-hybridized carbons (Fsp3) is 0.222. The Bertz CT molecular complexity index is 315. The van der Waals surface area contributed by atoms with Gasteiger partial charge in [0.15, 0.2) is 0 Å². The summed E-state index contributed by atoms with van der Waals surface area (Å²) < 4.78 is 0.749. The van der Waals surface area contributed by atoms with E-state index in [1.807, 2.05) is 13.8 Å². The van der Waals surface area contributed by atoms with E-state index in [-0.39, 0.29) is 5.91 Å². The SMILES string of the molecule is C=NNC(=O)c1cncc(Br)c1.CC. The Labute approximate surface area is 91.6 Å². The quantitative estimate of drug-likeness (QED) is 0.653. The van der Waals surface area contributed by atoms with Crippen LogP contribution in [0.15, 0.2) is 28.0 Å². The van der Waals surface area contributed by atoms with E-state index in [0.717, 1.165) is 4.47 Å². The van der Waals surface area contributed by atoms with Crippen molar-refractivity contribution in [2.24, 2.45) is 5.10 Å². The van der Waals surface area contributed by atoms with E-state index in [1.165, 1.54) is 6.20 Å². The van der Waals surface area contributed by atoms with Gasteiger partial charge in [-0.05, 0) is 22.0 Å². The number of carbonyl (C=O) groups is 1. The van der Waals surface area contributed by atoms with Crippen LogP contribution < -0.4 is 5.43 Å². The Morgan fingerprint density at radius 3 is 2.71 bits per heavy atom. The molecule has 0 radical (unpaired) electrons. The van der Waals surface area contributed by atoms with Crippen LogP contribution in [0.25, 0.3) is 0 Å². The highest BCUT2D eigenvalue weighted by Crippen LogP contribution is 2.08. The van der Waals surface area contributed by atoms with Crippen molar-refractivity contribution in [2.75, 3.05) is 0 Å². The summed E-state index contributed by atoms with van der Waals surface area (Å²) in [5.41, 5.74) is 2.64. The highest BCUT2D eigenvalue weighted by Gasteiger charge is 2.03. The molecule has 1 aromatic rings. The maximum atomic E-state index is 11.1. The van der Waals surface area contributed by atoms with Crippen LogP contribution in [0, 0.1) is 0 Å². The zero-order valence-corrected chi connectivity index (χ0v) is 9.71. The van der Waals surface area contributed by atoms with Gasteiger partial charge in [0.05, 0.1) is 5.56 Å². The standard InChI is InChI=1S/C7H6BrN3O.C2H6/c1-9-11-7(12)5-2-6(8)4-10-3-5;1-2/h2-4H,1H2,(H,11,12);1-2H3. The Balaban J connectivity index is 0.000000791. The summed E-state index contributed by atoms with van der Waals surface area (Å²) in [7, 11) is 0. The van der Waals surface area contributed by atoms with Crippen molar-refractivity contribution in [1.29, 1.82) is 0 Å².